The van der Waals surface area contributed by atoms with Gasteiger partial charge in [-0.2, -0.15) is 0 Å². The van der Waals surface area contributed by atoms with E-state index in [1.54, 1.807) is 25.4 Å². The van der Waals surface area contributed by atoms with E-state index in [2.05, 4.69) is 20.3 Å². The normalized spacial score (nSPS) is 11.2. The van der Waals surface area contributed by atoms with Gasteiger partial charge in [-0.1, -0.05) is 0 Å². The lowest BCUT2D eigenvalue weighted by Gasteiger charge is -2.20. The Morgan fingerprint density at radius 2 is 1.90 bits per heavy atom. The molecule has 0 saturated heterocycles. The molecule has 2 aromatic heterocycles. The molecule has 0 fully saturated rings. The number of nitrogens with one attached hydrogen (secondary N) is 1. The predicted molar refractivity (Wildman–Crippen MR) is 77.1 cm³/mol. The Labute approximate surface area is 125 Å². The van der Waals surface area contributed by atoms with E-state index in [0.717, 1.165) is 11.3 Å². The first-order valence-corrected chi connectivity index (χ1v) is 6.93. The zero-order chi connectivity index (χ0) is 15.6. The van der Waals surface area contributed by atoms with Gasteiger partial charge >= 0.3 is 5.97 Å². The second-order valence-electron chi connectivity index (χ2n) is 4.89. The van der Waals surface area contributed by atoms with Gasteiger partial charge in [0.1, 0.15) is 10.4 Å². The summed E-state index contributed by atoms with van der Waals surface area (Å²) in [6.45, 7) is 4.53. The monoisotopic (exact) mass is 306 g/mol. The Morgan fingerprint density at radius 3 is 2.48 bits per heavy atom. The van der Waals surface area contributed by atoms with Crippen molar-refractivity contribution in [1.82, 2.24) is 20.3 Å². The van der Waals surface area contributed by atoms with Gasteiger partial charge in [0.15, 0.2) is 10.8 Å². The van der Waals surface area contributed by atoms with Gasteiger partial charge in [0.25, 0.3) is 5.91 Å². The summed E-state index contributed by atoms with van der Waals surface area (Å²) in [6.07, 6.45) is 3.18. The van der Waals surface area contributed by atoms with Crippen LogP contribution in [0.3, 0.4) is 0 Å². The van der Waals surface area contributed by atoms with Crippen LogP contribution in [-0.2, 0) is 4.79 Å². The molecule has 7 nitrogen and oxygen atoms in total. The maximum Gasteiger partial charge on any atom is 0.328 e. The van der Waals surface area contributed by atoms with Crippen molar-refractivity contribution in [2.24, 2.45) is 0 Å². The second kappa shape index (κ2) is 5.57. The molecular weight excluding hydrogens is 292 g/mol. The number of hydrogen-bond donors (Lipinski definition) is 2. The third-order valence-corrected chi connectivity index (χ3v) is 3.87. The number of rotatable bonds is 4. The molecule has 0 aromatic carbocycles. The smallest absolute Gasteiger partial charge is 0.328 e. The average Bonchev–Trinajstić information content (AvgIpc) is 2.81. The molecule has 0 aliphatic heterocycles. The van der Waals surface area contributed by atoms with Crippen molar-refractivity contribution in [1.29, 1.82) is 0 Å². The largest absolute Gasteiger partial charge is 0.480 e. The van der Waals surface area contributed by atoms with Crippen molar-refractivity contribution in [2.75, 3.05) is 0 Å². The van der Waals surface area contributed by atoms with Gasteiger partial charge in [-0.3, -0.25) is 4.79 Å². The highest BCUT2D eigenvalue weighted by Gasteiger charge is 2.30. The summed E-state index contributed by atoms with van der Waals surface area (Å²) >= 11 is 1.13. The number of aryl methyl sites for hydroxylation is 1. The maximum atomic E-state index is 12.2. The number of carboxylic acids is 1. The number of thiazole rings is 1. The van der Waals surface area contributed by atoms with Gasteiger partial charge in [-0.05, 0) is 26.8 Å². The number of aromatic nitrogens is 3. The van der Waals surface area contributed by atoms with E-state index >= 15 is 0 Å². The van der Waals surface area contributed by atoms with E-state index < -0.39 is 17.4 Å². The maximum absolute atomic E-state index is 12.2. The number of carbonyl (C=O) groups is 2. The van der Waals surface area contributed by atoms with Crippen LogP contribution in [0, 0.1) is 6.92 Å². The molecule has 0 atom stereocenters. The Balaban J connectivity index is 2.28. The van der Waals surface area contributed by atoms with E-state index in [1.807, 2.05) is 0 Å². The number of amides is 1. The lowest BCUT2D eigenvalue weighted by atomic mass is 10.1. The van der Waals surface area contributed by atoms with Gasteiger partial charge < -0.3 is 10.4 Å². The van der Waals surface area contributed by atoms with Crippen LogP contribution < -0.4 is 5.32 Å². The standard InChI is InChI=1S/C13H14N4O3S/c1-7-8(10(18)17-13(2,3)12(19)20)21-11(16-7)9-14-5-4-6-15-9/h4-6H,1-3H3,(H,17,18)(H,19,20). The molecule has 0 saturated carbocycles. The number of carbonyl (C=O) groups excluding carboxylic acids is 1. The quantitative estimate of drug-likeness (QED) is 0.887. The summed E-state index contributed by atoms with van der Waals surface area (Å²) in [5.41, 5.74) is -0.835. The highest BCUT2D eigenvalue weighted by molar-refractivity contribution is 7.17. The highest BCUT2D eigenvalue weighted by Crippen LogP contribution is 2.25. The Bertz CT molecular complexity index is 682. The average molecular weight is 306 g/mol. The topological polar surface area (TPSA) is 105 Å². The Kier molecular flexibility index (Phi) is 3.99. The fourth-order valence-corrected chi connectivity index (χ4v) is 2.42. The first-order chi connectivity index (χ1) is 9.81. The molecule has 2 N–H and O–H groups in total. The SMILES string of the molecule is Cc1nc(-c2ncccn2)sc1C(=O)NC(C)(C)C(=O)O. The van der Waals surface area contributed by atoms with E-state index in [9.17, 15) is 9.59 Å². The molecule has 0 unspecified atom stereocenters. The molecule has 0 aliphatic carbocycles. The van der Waals surface area contributed by atoms with Crippen LogP contribution in [0.25, 0.3) is 10.8 Å². The highest BCUT2D eigenvalue weighted by atomic mass is 32.1. The van der Waals surface area contributed by atoms with Crippen molar-refractivity contribution in [2.45, 2.75) is 26.3 Å². The zero-order valence-electron chi connectivity index (χ0n) is 11.7. The summed E-state index contributed by atoms with van der Waals surface area (Å²) in [6, 6.07) is 1.69. The molecule has 0 spiro atoms. The molecular formula is C13H14N4O3S. The fourth-order valence-electron chi connectivity index (χ4n) is 1.51. The number of hydrogen-bond acceptors (Lipinski definition) is 6. The third-order valence-electron chi connectivity index (χ3n) is 2.72. The van der Waals surface area contributed by atoms with Crippen molar-refractivity contribution >= 4 is 23.2 Å². The molecule has 1 amide bonds. The first kappa shape index (κ1) is 15.0. The van der Waals surface area contributed by atoms with Crippen LogP contribution in [0.5, 0.6) is 0 Å². The minimum absolute atomic E-state index is 0.353. The van der Waals surface area contributed by atoms with Crippen molar-refractivity contribution in [3.05, 3.63) is 29.0 Å². The van der Waals surface area contributed by atoms with Gasteiger partial charge in [-0.15, -0.1) is 11.3 Å². The number of aliphatic carboxylic acids is 1. The van der Waals surface area contributed by atoms with Crippen LogP contribution in [0.4, 0.5) is 0 Å². The van der Waals surface area contributed by atoms with Gasteiger partial charge in [0.2, 0.25) is 0 Å². The zero-order valence-corrected chi connectivity index (χ0v) is 12.6. The molecule has 110 valence electrons. The molecule has 2 rings (SSSR count). The molecule has 2 heterocycles. The lowest BCUT2D eigenvalue weighted by molar-refractivity contribution is -0.143. The number of carboxylic acid groups (broad SMARTS) is 1. The second-order valence-corrected chi connectivity index (χ2v) is 5.89. The fraction of sp³-hybridized carbons (Fsp3) is 0.308. The van der Waals surface area contributed by atoms with Gasteiger partial charge in [0.05, 0.1) is 5.69 Å². The van der Waals surface area contributed by atoms with E-state index in [0.29, 0.717) is 21.4 Å². The van der Waals surface area contributed by atoms with Crippen LogP contribution >= 0.6 is 11.3 Å². The first-order valence-electron chi connectivity index (χ1n) is 6.12. The van der Waals surface area contributed by atoms with E-state index in [1.165, 1.54) is 13.8 Å². The summed E-state index contributed by atoms with van der Waals surface area (Å²) in [5, 5.41) is 12.0. The van der Waals surface area contributed by atoms with Gasteiger partial charge in [0, 0.05) is 12.4 Å². The van der Waals surface area contributed by atoms with Crippen LogP contribution in [0.2, 0.25) is 0 Å². The predicted octanol–water partition coefficient (Wildman–Crippen LogP) is 1.50. The van der Waals surface area contributed by atoms with Crippen molar-refractivity contribution in [3.8, 4) is 10.8 Å². The molecule has 0 bridgehead atoms. The number of nitrogens with zero attached hydrogens (tertiary/aromatic N) is 3. The van der Waals surface area contributed by atoms with Crippen LogP contribution in [0.1, 0.15) is 29.2 Å². The van der Waals surface area contributed by atoms with Crippen molar-refractivity contribution in [3.63, 3.8) is 0 Å². The van der Waals surface area contributed by atoms with E-state index in [-0.39, 0.29) is 0 Å². The van der Waals surface area contributed by atoms with Crippen LogP contribution in [0.15, 0.2) is 18.5 Å². The minimum atomic E-state index is -1.35. The van der Waals surface area contributed by atoms with Crippen LogP contribution in [-0.4, -0.2) is 37.5 Å². The minimum Gasteiger partial charge on any atom is -0.480 e. The lowest BCUT2D eigenvalue weighted by Crippen LogP contribution is -2.49. The summed E-state index contributed by atoms with van der Waals surface area (Å²) in [4.78, 5) is 36.0. The summed E-state index contributed by atoms with van der Waals surface area (Å²) < 4.78 is 0. The Morgan fingerprint density at radius 1 is 1.29 bits per heavy atom. The molecule has 0 radical (unpaired) electrons. The van der Waals surface area contributed by atoms with Crippen molar-refractivity contribution < 1.29 is 14.7 Å². The van der Waals surface area contributed by atoms with Gasteiger partial charge in [-0.25, -0.2) is 19.7 Å². The molecule has 0 aliphatic rings. The summed E-state index contributed by atoms with van der Waals surface area (Å²) in [7, 11) is 0. The Hall–Kier alpha value is -2.35. The third kappa shape index (κ3) is 3.22. The molecule has 2 aromatic rings. The summed E-state index contributed by atoms with van der Waals surface area (Å²) in [5.74, 6) is -1.15. The molecule has 21 heavy (non-hydrogen) atoms. The molecule has 8 heteroatoms. The van der Waals surface area contributed by atoms with E-state index in [4.69, 9.17) is 5.11 Å².